The fourth-order valence-electron chi connectivity index (χ4n) is 1.26. The summed E-state index contributed by atoms with van der Waals surface area (Å²) < 4.78 is 19.4. The van der Waals surface area contributed by atoms with Gasteiger partial charge in [0, 0.05) is 5.56 Å². The summed E-state index contributed by atoms with van der Waals surface area (Å²) in [5.41, 5.74) is 0.735. The van der Waals surface area contributed by atoms with Crippen LogP contribution in [-0.4, -0.2) is 6.61 Å². The maximum absolute atomic E-state index is 13.2. The minimum Gasteiger partial charge on any atom is -0.488 e. The van der Waals surface area contributed by atoms with Gasteiger partial charge in [-0.1, -0.05) is 24.3 Å². The molecule has 0 heterocycles. The monoisotopic (exact) mass is 284 g/mol. The first kappa shape index (κ1) is 13.0. The predicted molar refractivity (Wildman–Crippen MR) is 69.1 cm³/mol. The van der Waals surface area contributed by atoms with Crippen LogP contribution >= 0.6 is 15.9 Å². The van der Waals surface area contributed by atoms with E-state index in [9.17, 15) is 4.39 Å². The van der Waals surface area contributed by atoms with E-state index in [1.165, 1.54) is 12.1 Å². The molecule has 86 valence electrons. The van der Waals surface area contributed by atoms with Gasteiger partial charge in [0.25, 0.3) is 0 Å². The van der Waals surface area contributed by atoms with E-state index >= 15 is 0 Å². The molecule has 0 amide bonds. The van der Waals surface area contributed by atoms with E-state index in [0.717, 1.165) is 5.56 Å². The van der Waals surface area contributed by atoms with E-state index in [4.69, 9.17) is 4.74 Å². The van der Waals surface area contributed by atoms with E-state index in [1.807, 2.05) is 38.2 Å². The van der Waals surface area contributed by atoms with Crippen LogP contribution in [-0.2, 0) is 0 Å². The van der Waals surface area contributed by atoms with Crippen molar-refractivity contribution in [3.8, 4) is 5.75 Å². The van der Waals surface area contributed by atoms with Gasteiger partial charge in [-0.25, -0.2) is 4.39 Å². The number of rotatable bonds is 4. The number of allylic oxidation sites excluding steroid dienone is 2. The van der Waals surface area contributed by atoms with Crippen molar-refractivity contribution in [3.63, 3.8) is 0 Å². The van der Waals surface area contributed by atoms with Crippen molar-refractivity contribution in [2.45, 2.75) is 13.8 Å². The summed E-state index contributed by atoms with van der Waals surface area (Å²) in [6, 6.07) is 2.85. The first-order chi connectivity index (χ1) is 7.69. The number of halogens is 2. The van der Waals surface area contributed by atoms with Crippen molar-refractivity contribution in [2.75, 3.05) is 6.61 Å². The van der Waals surface area contributed by atoms with Crippen LogP contribution in [0.2, 0.25) is 0 Å². The molecule has 1 rings (SSSR count). The summed E-state index contributed by atoms with van der Waals surface area (Å²) in [5.74, 6) is 0.385. The smallest absolute Gasteiger partial charge is 0.141 e. The van der Waals surface area contributed by atoms with Crippen LogP contribution in [0.15, 0.2) is 34.8 Å². The molecule has 0 aliphatic heterocycles. The lowest BCUT2D eigenvalue weighted by atomic mass is 10.2. The van der Waals surface area contributed by atoms with E-state index < -0.39 is 0 Å². The lowest BCUT2D eigenvalue weighted by Crippen LogP contribution is -1.97. The molecule has 0 atom stereocenters. The highest BCUT2D eigenvalue weighted by atomic mass is 79.9. The highest BCUT2D eigenvalue weighted by Crippen LogP contribution is 2.31. The molecule has 3 heteroatoms. The molecule has 0 saturated carbocycles. The predicted octanol–water partition coefficient (Wildman–Crippen LogP) is 4.58. The zero-order chi connectivity index (χ0) is 12.0. The molecule has 16 heavy (non-hydrogen) atoms. The van der Waals surface area contributed by atoms with Gasteiger partial charge < -0.3 is 4.74 Å². The molecule has 0 radical (unpaired) electrons. The van der Waals surface area contributed by atoms with Gasteiger partial charge in [-0.15, -0.1) is 0 Å². The second-order valence-electron chi connectivity index (χ2n) is 3.19. The maximum atomic E-state index is 13.2. The van der Waals surface area contributed by atoms with Crippen LogP contribution < -0.4 is 4.74 Å². The van der Waals surface area contributed by atoms with Gasteiger partial charge in [0.15, 0.2) is 0 Å². The minimum atomic E-state index is -0.279. The van der Waals surface area contributed by atoms with Crippen LogP contribution in [0.5, 0.6) is 5.75 Å². The Morgan fingerprint density at radius 1 is 1.31 bits per heavy atom. The van der Waals surface area contributed by atoms with Crippen molar-refractivity contribution in [3.05, 3.63) is 46.2 Å². The first-order valence-corrected chi connectivity index (χ1v) is 5.84. The second-order valence-corrected chi connectivity index (χ2v) is 4.04. The van der Waals surface area contributed by atoms with Crippen molar-refractivity contribution in [1.82, 2.24) is 0 Å². The van der Waals surface area contributed by atoms with Gasteiger partial charge in [0.2, 0.25) is 0 Å². The summed E-state index contributed by atoms with van der Waals surface area (Å²) in [5, 5.41) is 0. The number of hydrogen-bond acceptors (Lipinski definition) is 1. The van der Waals surface area contributed by atoms with Crippen LogP contribution in [0.4, 0.5) is 4.39 Å². The largest absolute Gasteiger partial charge is 0.488 e. The summed E-state index contributed by atoms with van der Waals surface area (Å²) >= 11 is 3.30. The van der Waals surface area contributed by atoms with E-state index in [0.29, 0.717) is 16.8 Å². The third-order valence-electron chi connectivity index (χ3n) is 1.94. The average molecular weight is 285 g/mol. The molecular weight excluding hydrogens is 271 g/mol. The van der Waals surface area contributed by atoms with Gasteiger partial charge in [0.1, 0.15) is 18.2 Å². The molecule has 1 aromatic carbocycles. The Bertz CT molecular complexity index is 411. The van der Waals surface area contributed by atoms with Gasteiger partial charge in [0.05, 0.1) is 4.47 Å². The number of benzene rings is 1. The molecule has 0 aliphatic carbocycles. The summed E-state index contributed by atoms with van der Waals surface area (Å²) in [6.45, 7) is 4.29. The molecular formula is C13H14BrFO. The van der Waals surface area contributed by atoms with E-state index in [2.05, 4.69) is 15.9 Å². The Balaban J connectivity index is 3.03. The molecule has 0 N–H and O–H groups in total. The highest BCUT2D eigenvalue weighted by molar-refractivity contribution is 9.10. The Labute approximate surface area is 104 Å². The second kappa shape index (κ2) is 6.48. The standard InChI is InChI=1S/C13H14BrFO/c1-3-5-7-16-13-10(6-4-2)8-11(15)9-12(13)14/h3-6,8-9H,7H2,1-2H3/b5-3+,6-4?. The van der Waals surface area contributed by atoms with Crippen LogP contribution in [0.3, 0.4) is 0 Å². The third-order valence-corrected chi connectivity index (χ3v) is 2.53. The fraction of sp³-hybridized carbons (Fsp3) is 0.231. The Morgan fingerprint density at radius 2 is 2.06 bits per heavy atom. The van der Waals surface area contributed by atoms with E-state index in [-0.39, 0.29) is 5.82 Å². The molecule has 0 bridgehead atoms. The molecule has 1 aromatic rings. The first-order valence-electron chi connectivity index (χ1n) is 5.04. The van der Waals surface area contributed by atoms with Gasteiger partial charge >= 0.3 is 0 Å². The normalized spacial score (nSPS) is 11.5. The molecule has 0 aliphatic rings. The SMILES string of the molecule is CC=Cc1cc(F)cc(Br)c1OC/C=C/C. The molecule has 0 spiro atoms. The van der Waals surface area contributed by atoms with Crippen molar-refractivity contribution in [1.29, 1.82) is 0 Å². The van der Waals surface area contributed by atoms with Gasteiger partial charge in [-0.3, -0.25) is 0 Å². The number of hydrogen-bond donors (Lipinski definition) is 0. The molecule has 0 aromatic heterocycles. The third kappa shape index (κ3) is 3.49. The quantitative estimate of drug-likeness (QED) is 0.736. The fourth-order valence-corrected chi connectivity index (χ4v) is 1.83. The zero-order valence-corrected chi connectivity index (χ0v) is 10.9. The minimum absolute atomic E-state index is 0.279. The van der Waals surface area contributed by atoms with Crippen molar-refractivity contribution < 1.29 is 9.13 Å². The number of ether oxygens (including phenoxy) is 1. The summed E-state index contributed by atoms with van der Waals surface area (Å²) in [4.78, 5) is 0. The van der Waals surface area contributed by atoms with Crippen LogP contribution in [0.25, 0.3) is 6.08 Å². The van der Waals surface area contributed by atoms with Gasteiger partial charge in [-0.2, -0.15) is 0 Å². The zero-order valence-electron chi connectivity index (χ0n) is 9.34. The lowest BCUT2D eigenvalue weighted by Gasteiger charge is -2.10. The Kier molecular flexibility index (Phi) is 5.26. The summed E-state index contributed by atoms with van der Waals surface area (Å²) in [6.07, 6.45) is 7.48. The average Bonchev–Trinajstić information content (AvgIpc) is 2.22. The summed E-state index contributed by atoms with van der Waals surface area (Å²) in [7, 11) is 0. The topological polar surface area (TPSA) is 9.23 Å². The Hall–Kier alpha value is -1.09. The van der Waals surface area contributed by atoms with E-state index in [1.54, 1.807) is 0 Å². The van der Waals surface area contributed by atoms with Crippen molar-refractivity contribution >= 4 is 22.0 Å². The van der Waals surface area contributed by atoms with Crippen LogP contribution in [0, 0.1) is 5.82 Å². The molecule has 1 nitrogen and oxygen atoms in total. The molecule has 0 saturated heterocycles. The van der Waals surface area contributed by atoms with Gasteiger partial charge in [-0.05, 0) is 41.9 Å². The Morgan fingerprint density at radius 3 is 2.69 bits per heavy atom. The maximum Gasteiger partial charge on any atom is 0.141 e. The van der Waals surface area contributed by atoms with Crippen LogP contribution in [0.1, 0.15) is 19.4 Å². The molecule has 0 unspecified atom stereocenters. The highest BCUT2D eigenvalue weighted by Gasteiger charge is 2.08. The lowest BCUT2D eigenvalue weighted by molar-refractivity contribution is 0.359. The molecule has 0 fully saturated rings. The van der Waals surface area contributed by atoms with Crippen molar-refractivity contribution in [2.24, 2.45) is 0 Å².